The molecule has 0 amide bonds. The first-order chi connectivity index (χ1) is 14.3. The molecule has 0 bridgehead atoms. The number of hydrogen-bond acceptors (Lipinski definition) is 4. The van der Waals surface area contributed by atoms with Crippen LogP contribution in [0, 0.1) is 19.7 Å². The summed E-state index contributed by atoms with van der Waals surface area (Å²) in [4.78, 5) is 4.88. The molecule has 0 unspecified atom stereocenters. The van der Waals surface area contributed by atoms with Crippen LogP contribution in [0.15, 0.2) is 47.5 Å². The van der Waals surface area contributed by atoms with Gasteiger partial charge in [0.25, 0.3) is 0 Å². The van der Waals surface area contributed by atoms with E-state index in [0.29, 0.717) is 30.9 Å². The molecule has 30 heavy (non-hydrogen) atoms. The number of aryl methyl sites for hydroxylation is 2. The summed E-state index contributed by atoms with van der Waals surface area (Å²) in [6.45, 7) is 4.34. The predicted molar refractivity (Wildman–Crippen MR) is 112 cm³/mol. The number of pyridine rings is 1. The normalized spacial score (nSPS) is 17.9. The van der Waals surface area contributed by atoms with Crippen LogP contribution in [0.25, 0.3) is 0 Å². The standard InChI is InChI=1S/C22H25FN4O2S/c1-15-22(16(2)26-25-15)30(28,29)27-10-4-6-19(14-27)21-9-8-18(13-24-21)11-17-5-3-7-20(23)12-17/h3,5,7-9,12-13,19H,4,6,10-11,14H2,1-2H3,(H,25,26)/t19-/m0/s1. The van der Waals surface area contributed by atoms with Crippen LogP contribution in [-0.2, 0) is 16.4 Å². The third kappa shape index (κ3) is 4.15. The van der Waals surface area contributed by atoms with Gasteiger partial charge in [-0.25, -0.2) is 12.8 Å². The number of halogens is 1. The summed E-state index contributed by atoms with van der Waals surface area (Å²) in [6.07, 6.45) is 4.09. The molecule has 1 atom stereocenters. The second-order valence-electron chi connectivity index (χ2n) is 7.86. The molecular weight excluding hydrogens is 403 g/mol. The molecule has 0 saturated carbocycles. The van der Waals surface area contributed by atoms with Crippen LogP contribution in [0.3, 0.4) is 0 Å². The fourth-order valence-electron chi connectivity index (χ4n) is 4.12. The van der Waals surface area contributed by atoms with Gasteiger partial charge in [0.15, 0.2) is 0 Å². The fourth-order valence-corrected chi connectivity index (χ4v) is 5.97. The van der Waals surface area contributed by atoms with Gasteiger partial charge >= 0.3 is 0 Å². The summed E-state index contributed by atoms with van der Waals surface area (Å²) in [6, 6.07) is 10.5. The highest BCUT2D eigenvalue weighted by Crippen LogP contribution is 2.31. The highest BCUT2D eigenvalue weighted by Gasteiger charge is 2.34. The molecule has 1 saturated heterocycles. The topological polar surface area (TPSA) is 79.0 Å². The van der Waals surface area contributed by atoms with Crippen LogP contribution in [0.2, 0.25) is 0 Å². The Kier molecular flexibility index (Phi) is 5.71. The molecule has 1 fully saturated rings. The summed E-state index contributed by atoms with van der Waals surface area (Å²) < 4.78 is 41.3. The van der Waals surface area contributed by atoms with Crippen molar-refractivity contribution in [1.29, 1.82) is 0 Å². The number of H-pyrrole nitrogens is 1. The van der Waals surface area contributed by atoms with Crippen LogP contribution >= 0.6 is 0 Å². The van der Waals surface area contributed by atoms with E-state index in [2.05, 4.69) is 15.2 Å². The molecule has 6 nitrogen and oxygen atoms in total. The molecular formula is C22H25FN4O2S. The van der Waals surface area contributed by atoms with E-state index >= 15 is 0 Å². The third-order valence-corrected chi connectivity index (χ3v) is 7.73. The molecule has 1 aromatic carbocycles. The maximum Gasteiger partial charge on any atom is 0.246 e. The largest absolute Gasteiger partial charge is 0.281 e. The average Bonchev–Trinajstić information content (AvgIpc) is 3.07. The van der Waals surface area contributed by atoms with E-state index in [9.17, 15) is 12.8 Å². The molecule has 3 aromatic rings. The van der Waals surface area contributed by atoms with Gasteiger partial charge in [0.1, 0.15) is 10.7 Å². The summed E-state index contributed by atoms with van der Waals surface area (Å²) >= 11 is 0. The Morgan fingerprint density at radius 1 is 1.20 bits per heavy atom. The van der Waals surface area contributed by atoms with Crippen molar-refractivity contribution in [1.82, 2.24) is 19.5 Å². The van der Waals surface area contributed by atoms with Gasteiger partial charge in [-0.2, -0.15) is 9.40 Å². The van der Waals surface area contributed by atoms with E-state index < -0.39 is 10.0 Å². The number of benzene rings is 1. The van der Waals surface area contributed by atoms with Crippen molar-refractivity contribution in [2.75, 3.05) is 13.1 Å². The molecule has 158 valence electrons. The van der Waals surface area contributed by atoms with Crippen LogP contribution in [0.4, 0.5) is 4.39 Å². The van der Waals surface area contributed by atoms with E-state index in [4.69, 9.17) is 0 Å². The fraction of sp³-hybridized carbons (Fsp3) is 0.364. The van der Waals surface area contributed by atoms with Gasteiger partial charge in [0.05, 0.1) is 11.4 Å². The summed E-state index contributed by atoms with van der Waals surface area (Å²) in [5, 5.41) is 6.80. The molecule has 0 aliphatic carbocycles. The van der Waals surface area contributed by atoms with E-state index in [0.717, 1.165) is 29.7 Å². The molecule has 0 spiro atoms. The number of aromatic amines is 1. The lowest BCUT2D eigenvalue weighted by molar-refractivity contribution is 0.312. The van der Waals surface area contributed by atoms with Gasteiger partial charge in [-0.15, -0.1) is 0 Å². The minimum absolute atomic E-state index is 0.0456. The summed E-state index contributed by atoms with van der Waals surface area (Å²) in [7, 11) is -3.60. The Morgan fingerprint density at radius 2 is 2.03 bits per heavy atom. The molecule has 2 aromatic heterocycles. The molecule has 4 rings (SSSR count). The Hall–Kier alpha value is -2.58. The second kappa shape index (κ2) is 8.28. The Morgan fingerprint density at radius 3 is 2.70 bits per heavy atom. The maximum atomic E-state index is 13.4. The van der Waals surface area contributed by atoms with Gasteiger partial charge in [-0.3, -0.25) is 10.1 Å². The minimum Gasteiger partial charge on any atom is -0.281 e. The van der Waals surface area contributed by atoms with Crippen LogP contribution < -0.4 is 0 Å². The zero-order chi connectivity index (χ0) is 21.3. The lowest BCUT2D eigenvalue weighted by atomic mass is 9.95. The van der Waals surface area contributed by atoms with Crippen LogP contribution in [0.1, 0.15) is 47.0 Å². The SMILES string of the molecule is Cc1n[nH]c(C)c1S(=O)(=O)N1CCC[C@H](c2ccc(Cc3cccc(F)c3)cn2)C1. The first-order valence-corrected chi connectivity index (χ1v) is 11.5. The lowest BCUT2D eigenvalue weighted by Gasteiger charge is -2.31. The van der Waals surface area contributed by atoms with Crippen molar-refractivity contribution in [3.05, 3.63) is 76.6 Å². The highest BCUT2D eigenvalue weighted by atomic mass is 32.2. The monoisotopic (exact) mass is 428 g/mol. The van der Waals surface area contributed by atoms with E-state index in [1.165, 1.54) is 12.1 Å². The average molecular weight is 429 g/mol. The second-order valence-corrected chi connectivity index (χ2v) is 9.74. The van der Waals surface area contributed by atoms with Crippen molar-refractivity contribution in [2.24, 2.45) is 0 Å². The smallest absolute Gasteiger partial charge is 0.246 e. The number of sulfonamides is 1. The minimum atomic E-state index is -3.60. The van der Waals surface area contributed by atoms with Crippen LogP contribution in [-0.4, -0.2) is 41.0 Å². The third-order valence-electron chi connectivity index (χ3n) is 5.61. The van der Waals surface area contributed by atoms with Gasteiger partial charge < -0.3 is 0 Å². The predicted octanol–water partition coefficient (Wildman–Crippen LogP) is 3.72. The van der Waals surface area contributed by atoms with E-state index in [-0.39, 0.29) is 16.6 Å². The van der Waals surface area contributed by atoms with E-state index in [1.54, 1.807) is 30.4 Å². The zero-order valence-electron chi connectivity index (χ0n) is 17.1. The summed E-state index contributed by atoms with van der Waals surface area (Å²) in [5.41, 5.74) is 3.84. The van der Waals surface area contributed by atoms with Gasteiger partial charge in [-0.1, -0.05) is 18.2 Å². The number of aromatic nitrogens is 3. The zero-order valence-corrected chi connectivity index (χ0v) is 17.9. The molecule has 8 heteroatoms. The lowest BCUT2D eigenvalue weighted by Crippen LogP contribution is -2.39. The van der Waals surface area contributed by atoms with Gasteiger partial charge in [-0.05, 0) is 62.4 Å². The Labute approximate surface area is 176 Å². The Balaban J connectivity index is 1.49. The van der Waals surface area contributed by atoms with Crippen LogP contribution in [0.5, 0.6) is 0 Å². The molecule has 1 aliphatic rings. The quantitative estimate of drug-likeness (QED) is 0.672. The maximum absolute atomic E-state index is 13.4. The number of nitrogens with zero attached hydrogens (tertiary/aromatic N) is 3. The highest BCUT2D eigenvalue weighted by molar-refractivity contribution is 7.89. The van der Waals surface area contributed by atoms with Crippen molar-refractivity contribution >= 4 is 10.0 Å². The molecule has 1 N–H and O–H groups in total. The number of piperidine rings is 1. The van der Waals surface area contributed by atoms with Crippen molar-refractivity contribution in [3.63, 3.8) is 0 Å². The number of hydrogen-bond donors (Lipinski definition) is 1. The van der Waals surface area contributed by atoms with Crippen molar-refractivity contribution in [2.45, 2.75) is 43.9 Å². The van der Waals surface area contributed by atoms with E-state index in [1.807, 2.05) is 18.2 Å². The van der Waals surface area contributed by atoms with Gasteiger partial charge in [0, 0.05) is 30.9 Å². The molecule has 1 aliphatic heterocycles. The number of nitrogens with one attached hydrogen (secondary N) is 1. The molecule has 3 heterocycles. The van der Waals surface area contributed by atoms with Crippen molar-refractivity contribution in [3.8, 4) is 0 Å². The first-order valence-electron chi connectivity index (χ1n) is 10.1. The Bertz CT molecular complexity index is 1120. The summed E-state index contributed by atoms with van der Waals surface area (Å²) in [5.74, 6) is -0.201. The van der Waals surface area contributed by atoms with Crippen molar-refractivity contribution < 1.29 is 12.8 Å². The number of rotatable bonds is 5. The first kappa shape index (κ1) is 20.7. The molecule has 0 radical (unpaired) electrons. The van der Waals surface area contributed by atoms with Gasteiger partial charge in [0.2, 0.25) is 10.0 Å².